The Labute approximate surface area is 369 Å². The molecule has 1 aromatic heterocycles. The molecule has 0 aliphatic carbocycles. The first kappa shape index (κ1) is 50.9. The number of hydrogen-bond donors (Lipinski definition) is 3. The van der Waals surface area contributed by atoms with Gasteiger partial charge < -0.3 is 34.7 Å². The Balaban J connectivity index is 1.49. The van der Waals surface area contributed by atoms with Crippen molar-refractivity contribution in [1.29, 1.82) is 0 Å². The Morgan fingerprint density at radius 1 is 0.984 bits per heavy atom. The van der Waals surface area contributed by atoms with E-state index in [-0.39, 0.29) is 43.3 Å². The van der Waals surface area contributed by atoms with Gasteiger partial charge in [0.1, 0.15) is 17.5 Å². The lowest BCUT2D eigenvalue weighted by Gasteiger charge is -2.22. The number of benzene rings is 2. The van der Waals surface area contributed by atoms with Crippen LogP contribution in [-0.4, -0.2) is 101 Å². The maximum atomic E-state index is 13.4. The second kappa shape index (κ2) is 26.1. The first-order valence-electron chi connectivity index (χ1n) is 20.9. The fourth-order valence-corrected chi connectivity index (χ4v) is 6.57. The third kappa shape index (κ3) is 18.2. The Morgan fingerprint density at radius 2 is 1.69 bits per heavy atom. The first-order chi connectivity index (χ1) is 29.5. The quantitative estimate of drug-likeness (QED) is 0.0615. The molecule has 17 heteroatoms. The van der Waals surface area contributed by atoms with Crippen molar-refractivity contribution in [2.24, 2.45) is 17.8 Å². The Kier molecular flexibility index (Phi) is 21.4. The maximum absolute atomic E-state index is 13.4. The third-order valence-corrected chi connectivity index (χ3v) is 10.4. The highest BCUT2D eigenvalue weighted by atomic mass is 35.5. The zero-order valence-electron chi connectivity index (χ0n) is 37.1. The number of esters is 2. The van der Waals surface area contributed by atoms with Crippen molar-refractivity contribution in [3.05, 3.63) is 82.7 Å². The number of amides is 2. The predicted octanol–water partition coefficient (Wildman–Crippen LogP) is 5.79. The number of halogens is 1. The molecular weight excluding hydrogens is 820 g/mol. The molecule has 5 unspecified atom stereocenters. The average molecular weight is 883 g/mol. The molecule has 5 atom stereocenters. The molecule has 0 fully saturated rings. The highest BCUT2D eigenvalue weighted by Gasteiger charge is 2.28. The zero-order valence-corrected chi connectivity index (χ0v) is 37.9. The Hall–Kier alpha value is -5.48. The molecule has 3 N–H and O–H groups in total. The van der Waals surface area contributed by atoms with Gasteiger partial charge >= 0.3 is 17.9 Å². The van der Waals surface area contributed by atoms with E-state index in [1.54, 1.807) is 29.0 Å². The van der Waals surface area contributed by atoms with Crippen LogP contribution < -0.4 is 20.1 Å². The van der Waals surface area contributed by atoms with Gasteiger partial charge in [-0.1, -0.05) is 68.8 Å². The van der Waals surface area contributed by atoms with E-state index in [1.807, 2.05) is 58.3 Å². The molecule has 62 heavy (non-hydrogen) atoms. The zero-order chi connectivity index (χ0) is 45.8. The summed E-state index contributed by atoms with van der Waals surface area (Å²) >= 11 is 6.33. The van der Waals surface area contributed by atoms with E-state index in [0.717, 1.165) is 23.4 Å². The van der Waals surface area contributed by atoms with Crippen LogP contribution in [0.3, 0.4) is 0 Å². The molecule has 0 aliphatic heterocycles. The van der Waals surface area contributed by atoms with Crippen molar-refractivity contribution in [3.63, 3.8) is 0 Å². The topological polar surface area (TPSA) is 201 Å². The second-order valence-electron chi connectivity index (χ2n) is 16.0. The molecule has 16 nitrogen and oxygen atoms in total. The maximum Gasteiger partial charge on any atom is 0.345 e. The number of methoxy groups -OCH3 is 2. The summed E-state index contributed by atoms with van der Waals surface area (Å²) in [5.41, 5.74) is 2.62. The summed E-state index contributed by atoms with van der Waals surface area (Å²) in [5.74, 6) is -2.72. The lowest BCUT2D eigenvalue weighted by atomic mass is 10.00. The lowest BCUT2D eigenvalue weighted by molar-refractivity contribution is -0.167. The minimum atomic E-state index is -1.29. The molecule has 0 spiro atoms. The fraction of sp³-hybridized carbons (Fsp3) is 0.533. The highest BCUT2D eigenvalue weighted by molar-refractivity contribution is 6.32. The predicted molar refractivity (Wildman–Crippen MR) is 233 cm³/mol. The molecule has 0 saturated heterocycles. The number of ether oxygens (including phenoxy) is 4. The molecule has 1 heterocycles. The van der Waals surface area contributed by atoms with E-state index < -0.39 is 41.8 Å². The standard InChI is InChI=1S/C45H63ClN6O10/c1-29(2)22-40(44(56)57)62-45(58)31(4)25-47-43(55)38(24-34-17-20-39(59-7)37(46)23-34)48-41(53)13-10-9-12-30(3)32(5)61-36-18-15-33(16-19-36)26-51(6)27-35-28-52(50-49-35)21-11-14-42(54)60-8/h10,13,15-20,23,28-32,38,40H,9,11-12,14,21-22,24-27H2,1-8H3,(H,47,55)(H,48,53)(H,56,57). The average Bonchev–Trinajstić information content (AvgIpc) is 3.67. The van der Waals surface area contributed by atoms with Crippen molar-refractivity contribution in [3.8, 4) is 11.5 Å². The largest absolute Gasteiger partial charge is 0.495 e. The van der Waals surface area contributed by atoms with Crippen LogP contribution in [0.2, 0.25) is 5.02 Å². The van der Waals surface area contributed by atoms with Crippen molar-refractivity contribution in [1.82, 2.24) is 30.5 Å². The van der Waals surface area contributed by atoms with Crippen molar-refractivity contribution < 1.29 is 48.0 Å². The van der Waals surface area contributed by atoms with E-state index in [9.17, 15) is 29.1 Å². The second-order valence-corrected chi connectivity index (χ2v) is 16.4. The summed E-state index contributed by atoms with van der Waals surface area (Å²) in [5, 5.41) is 23.7. The summed E-state index contributed by atoms with van der Waals surface area (Å²) in [7, 11) is 4.88. The molecule has 340 valence electrons. The van der Waals surface area contributed by atoms with Gasteiger partial charge in [-0.05, 0) is 93.0 Å². The van der Waals surface area contributed by atoms with Gasteiger partial charge in [0.2, 0.25) is 11.8 Å². The van der Waals surface area contributed by atoms with Crippen LogP contribution in [0.1, 0.15) is 83.5 Å². The number of carboxylic acid groups (broad SMARTS) is 1. The van der Waals surface area contributed by atoms with Crippen LogP contribution in [0.4, 0.5) is 0 Å². The number of nitrogens with one attached hydrogen (secondary N) is 2. The van der Waals surface area contributed by atoms with Gasteiger partial charge in [-0.15, -0.1) is 5.10 Å². The van der Waals surface area contributed by atoms with E-state index in [1.165, 1.54) is 27.2 Å². The highest BCUT2D eigenvalue weighted by Crippen LogP contribution is 2.26. The fourth-order valence-electron chi connectivity index (χ4n) is 6.29. The van der Waals surface area contributed by atoms with Crippen LogP contribution in [-0.2, 0) is 59.5 Å². The van der Waals surface area contributed by atoms with Crippen LogP contribution in [0.25, 0.3) is 0 Å². The molecule has 2 aromatic carbocycles. The van der Waals surface area contributed by atoms with Crippen molar-refractivity contribution >= 4 is 41.3 Å². The van der Waals surface area contributed by atoms with E-state index in [2.05, 4.69) is 37.5 Å². The molecule has 0 radical (unpaired) electrons. The van der Waals surface area contributed by atoms with E-state index >= 15 is 0 Å². The third-order valence-electron chi connectivity index (χ3n) is 10.1. The van der Waals surface area contributed by atoms with Crippen LogP contribution >= 0.6 is 11.6 Å². The van der Waals surface area contributed by atoms with Gasteiger partial charge in [-0.2, -0.15) is 0 Å². The number of aliphatic carboxylic acids is 1. The van der Waals surface area contributed by atoms with Gasteiger partial charge in [0.25, 0.3) is 0 Å². The van der Waals surface area contributed by atoms with E-state index in [4.69, 9.17) is 25.8 Å². The Bertz CT molecular complexity index is 1940. The first-order valence-corrected chi connectivity index (χ1v) is 21.3. The van der Waals surface area contributed by atoms with Gasteiger partial charge in [0.15, 0.2) is 6.10 Å². The summed E-state index contributed by atoms with van der Waals surface area (Å²) in [6.45, 7) is 11.1. The number of aryl methyl sites for hydroxylation is 1. The summed E-state index contributed by atoms with van der Waals surface area (Å²) in [6.07, 6.45) is 6.20. The monoisotopic (exact) mass is 882 g/mol. The number of carboxylic acids is 1. The number of carbonyl (C=O) groups is 5. The minimum absolute atomic E-state index is 0.00761. The summed E-state index contributed by atoms with van der Waals surface area (Å²) < 4.78 is 23.1. The summed E-state index contributed by atoms with van der Waals surface area (Å²) in [4.78, 5) is 64.3. The SMILES string of the molecule is COC(=O)CCCn1cc(CN(C)Cc2ccc(OC(C)C(C)CCC=CC(=O)NC(Cc3ccc(OC)c(Cl)c3)C(=O)NCC(C)C(=O)OC(CC(C)C)C(=O)O)cc2)nn1. The van der Waals surface area contributed by atoms with Gasteiger partial charge in [0.05, 0.1) is 37.0 Å². The van der Waals surface area contributed by atoms with E-state index in [0.29, 0.717) is 55.2 Å². The molecule has 0 bridgehead atoms. The lowest BCUT2D eigenvalue weighted by Crippen LogP contribution is -2.49. The van der Waals surface area contributed by atoms with Gasteiger partial charge in [-0.3, -0.25) is 28.8 Å². The summed E-state index contributed by atoms with van der Waals surface area (Å²) in [6, 6.07) is 12.0. The smallest absolute Gasteiger partial charge is 0.345 e. The molecule has 0 aliphatic rings. The number of rotatable bonds is 27. The molecule has 3 rings (SSSR count). The van der Waals surface area contributed by atoms with Crippen LogP contribution in [0.15, 0.2) is 60.8 Å². The van der Waals surface area contributed by atoms with Crippen LogP contribution in [0, 0.1) is 17.8 Å². The van der Waals surface area contributed by atoms with Crippen molar-refractivity contribution in [2.75, 3.05) is 27.8 Å². The Morgan fingerprint density at radius 3 is 2.34 bits per heavy atom. The van der Waals surface area contributed by atoms with Gasteiger partial charge in [0, 0.05) is 45.2 Å². The minimum Gasteiger partial charge on any atom is -0.495 e. The number of hydrogen-bond acceptors (Lipinski definition) is 12. The molecule has 0 saturated carbocycles. The van der Waals surface area contributed by atoms with Gasteiger partial charge in [-0.25, -0.2) is 4.79 Å². The van der Waals surface area contributed by atoms with Crippen LogP contribution in [0.5, 0.6) is 11.5 Å². The number of nitrogens with zero attached hydrogens (tertiary/aromatic N) is 4. The molecule has 3 aromatic rings. The number of carbonyl (C=O) groups excluding carboxylic acids is 4. The number of allylic oxidation sites excluding steroid dienone is 1. The van der Waals surface area contributed by atoms with Crippen molar-refractivity contribution in [2.45, 2.75) is 111 Å². The normalized spacial score (nSPS) is 13.9. The molecular formula is C45H63ClN6O10. The number of aromatic nitrogens is 3. The molecule has 2 amide bonds.